The van der Waals surface area contributed by atoms with Crippen LogP contribution < -0.4 is 4.31 Å². The van der Waals surface area contributed by atoms with Crippen molar-refractivity contribution in [3.8, 4) is 0 Å². The molecule has 5 nitrogen and oxygen atoms in total. The summed E-state index contributed by atoms with van der Waals surface area (Å²) in [5.41, 5.74) is 1.41. The van der Waals surface area contributed by atoms with E-state index in [4.69, 9.17) is 16.3 Å². The number of β-amino-alcohol motifs (C(OH)–C–C–N with tert-alkyl or cyclic N) is 1. The Bertz CT molecular complexity index is 1090. The molecular weight excluding hydrogens is 386 g/mol. The number of anilines is 1. The molecule has 4 rings (SSSR count). The summed E-state index contributed by atoms with van der Waals surface area (Å²) in [7, 11) is -3.68. The Morgan fingerprint density at radius 3 is 2.56 bits per heavy atom. The van der Waals surface area contributed by atoms with Crippen LogP contribution in [0.4, 0.5) is 5.69 Å². The molecular formula is C20H18ClNO4S. The summed E-state index contributed by atoms with van der Waals surface area (Å²) in [6.45, 7) is 0.182. The number of nitrogens with zero attached hydrogens (tertiary/aromatic N) is 1. The van der Waals surface area contributed by atoms with Crippen molar-refractivity contribution in [1.82, 2.24) is 0 Å². The monoisotopic (exact) mass is 403 g/mol. The number of hydrogen-bond acceptors (Lipinski definition) is 4. The average Bonchev–Trinajstić information content (AvgIpc) is 2.87. The molecule has 3 aromatic carbocycles. The zero-order valence-electron chi connectivity index (χ0n) is 14.4. The zero-order valence-corrected chi connectivity index (χ0v) is 15.9. The van der Waals surface area contributed by atoms with Gasteiger partial charge in [0.15, 0.2) is 0 Å². The van der Waals surface area contributed by atoms with Crippen LogP contribution in [0.25, 0.3) is 10.8 Å². The van der Waals surface area contributed by atoms with Gasteiger partial charge in [-0.1, -0.05) is 54.1 Å². The SMILES string of the molecule is O=S1(=O)c2cccc3cccc(c23)N1CC(O)COCc1ccccc1Cl. The summed E-state index contributed by atoms with van der Waals surface area (Å²) >= 11 is 6.08. The summed E-state index contributed by atoms with van der Waals surface area (Å²) in [6, 6.07) is 18.0. The topological polar surface area (TPSA) is 66.8 Å². The molecule has 27 heavy (non-hydrogen) atoms. The van der Waals surface area contributed by atoms with Crippen molar-refractivity contribution in [2.45, 2.75) is 17.6 Å². The Morgan fingerprint density at radius 1 is 1.04 bits per heavy atom. The van der Waals surface area contributed by atoms with Crippen molar-refractivity contribution in [2.24, 2.45) is 0 Å². The summed E-state index contributed by atoms with van der Waals surface area (Å²) < 4.78 is 32.6. The lowest BCUT2D eigenvalue weighted by atomic mass is 10.1. The maximum absolute atomic E-state index is 12.9. The number of ether oxygens (including phenoxy) is 1. The molecule has 0 aromatic heterocycles. The van der Waals surface area contributed by atoms with Gasteiger partial charge < -0.3 is 9.84 Å². The zero-order chi connectivity index (χ0) is 19.0. The largest absolute Gasteiger partial charge is 0.389 e. The standard InChI is InChI=1S/C20H18ClNO4S/c21-17-8-2-1-5-15(17)12-26-13-16(23)11-22-18-9-3-6-14-7-4-10-19(20(14)18)27(22,24)25/h1-10,16,23H,11-13H2. The molecule has 0 saturated heterocycles. The third-order valence-corrected chi connectivity index (χ3v) is 6.77. The molecule has 1 unspecified atom stereocenters. The minimum Gasteiger partial charge on any atom is -0.389 e. The molecule has 1 aliphatic heterocycles. The fraction of sp³-hybridized carbons (Fsp3) is 0.200. The maximum atomic E-state index is 12.9. The molecule has 0 fully saturated rings. The second kappa shape index (κ2) is 7.13. The Labute approximate surface area is 162 Å². The van der Waals surface area contributed by atoms with Crippen molar-refractivity contribution < 1.29 is 18.3 Å². The van der Waals surface area contributed by atoms with Crippen LogP contribution in [-0.4, -0.2) is 32.8 Å². The van der Waals surface area contributed by atoms with E-state index in [1.165, 1.54) is 4.31 Å². The van der Waals surface area contributed by atoms with Crippen LogP contribution in [0.1, 0.15) is 5.56 Å². The first-order valence-electron chi connectivity index (χ1n) is 8.52. The van der Waals surface area contributed by atoms with Crippen molar-refractivity contribution in [2.75, 3.05) is 17.5 Å². The van der Waals surface area contributed by atoms with Crippen LogP contribution in [0.2, 0.25) is 5.02 Å². The fourth-order valence-corrected chi connectivity index (χ4v) is 5.26. The Kier molecular flexibility index (Phi) is 4.82. The first kappa shape index (κ1) is 18.3. The van der Waals surface area contributed by atoms with Gasteiger partial charge in [0.25, 0.3) is 10.0 Å². The van der Waals surface area contributed by atoms with Crippen molar-refractivity contribution >= 4 is 38.1 Å². The molecule has 0 bridgehead atoms. The average molecular weight is 404 g/mol. The summed E-state index contributed by atoms with van der Waals surface area (Å²) in [6.07, 6.45) is -0.966. The van der Waals surface area contributed by atoms with E-state index in [9.17, 15) is 13.5 Å². The van der Waals surface area contributed by atoms with E-state index in [1.807, 2.05) is 36.4 Å². The molecule has 1 atom stereocenters. The lowest BCUT2D eigenvalue weighted by Crippen LogP contribution is -2.37. The van der Waals surface area contributed by atoms with E-state index in [0.717, 1.165) is 10.9 Å². The highest BCUT2D eigenvalue weighted by atomic mass is 35.5. The van der Waals surface area contributed by atoms with Gasteiger partial charge in [0, 0.05) is 10.4 Å². The number of aliphatic hydroxyl groups is 1. The molecule has 3 aromatic rings. The van der Waals surface area contributed by atoms with Gasteiger partial charge in [0.2, 0.25) is 0 Å². The van der Waals surface area contributed by atoms with Gasteiger partial charge in [-0.25, -0.2) is 8.42 Å². The van der Waals surface area contributed by atoms with E-state index < -0.39 is 16.1 Å². The Balaban J connectivity index is 1.48. The van der Waals surface area contributed by atoms with Gasteiger partial charge in [0.05, 0.1) is 36.4 Å². The van der Waals surface area contributed by atoms with E-state index in [-0.39, 0.29) is 24.7 Å². The third kappa shape index (κ3) is 3.30. The van der Waals surface area contributed by atoms with Crippen LogP contribution >= 0.6 is 11.6 Å². The highest BCUT2D eigenvalue weighted by Crippen LogP contribution is 2.41. The number of hydrogen-bond donors (Lipinski definition) is 1. The van der Waals surface area contributed by atoms with Crippen LogP contribution in [0.3, 0.4) is 0 Å². The highest BCUT2D eigenvalue weighted by molar-refractivity contribution is 7.93. The van der Waals surface area contributed by atoms with Crippen molar-refractivity contribution in [3.05, 3.63) is 71.2 Å². The first-order chi connectivity index (χ1) is 13.0. The normalized spacial score (nSPS) is 16.0. The Morgan fingerprint density at radius 2 is 1.78 bits per heavy atom. The van der Waals surface area contributed by atoms with Gasteiger partial charge >= 0.3 is 0 Å². The fourth-order valence-electron chi connectivity index (χ4n) is 3.32. The Hall–Kier alpha value is -2.12. The molecule has 0 radical (unpaired) electrons. The van der Waals surface area contributed by atoms with Gasteiger partial charge in [-0.05, 0) is 29.1 Å². The van der Waals surface area contributed by atoms with Crippen LogP contribution in [0.5, 0.6) is 0 Å². The predicted molar refractivity (Wildman–Crippen MR) is 106 cm³/mol. The number of aliphatic hydroxyl groups excluding tert-OH is 1. The number of rotatable bonds is 6. The van der Waals surface area contributed by atoms with Gasteiger partial charge in [0.1, 0.15) is 0 Å². The minimum absolute atomic E-state index is 0.00354. The van der Waals surface area contributed by atoms with Gasteiger partial charge in [-0.15, -0.1) is 0 Å². The molecule has 1 heterocycles. The first-order valence-corrected chi connectivity index (χ1v) is 10.3. The van der Waals surface area contributed by atoms with Crippen LogP contribution in [-0.2, 0) is 21.4 Å². The van der Waals surface area contributed by atoms with Crippen molar-refractivity contribution in [3.63, 3.8) is 0 Å². The second-order valence-corrected chi connectivity index (χ2v) is 8.67. The lowest BCUT2D eigenvalue weighted by Gasteiger charge is -2.22. The minimum atomic E-state index is -3.68. The summed E-state index contributed by atoms with van der Waals surface area (Å²) in [4.78, 5) is 0.278. The number of halogens is 1. The predicted octanol–water partition coefficient (Wildman–Crippen LogP) is 3.58. The van der Waals surface area contributed by atoms with E-state index in [2.05, 4.69) is 0 Å². The molecule has 0 saturated carbocycles. The molecule has 7 heteroatoms. The number of benzene rings is 3. The molecule has 0 aliphatic carbocycles. The molecule has 0 amide bonds. The number of sulfonamides is 1. The van der Waals surface area contributed by atoms with E-state index >= 15 is 0 Å². The second-order valence-electron chi connectivity index (χ2n) is 6.43. The quantitative estimate of drug-likeness (QED) is 0.683. The summed E-state index contributed by atoms with van der Waals surface area (Å²) in [5.74, 6) is 0. The highest BCUT2D eigenvalue weighted by Gasteiger charge is 2.36. The summed E-state index contributed by atoms with van der Waals surface area (Å²) in [5, 5.41) is 12.5. The van der Waals surface area contributed by atoms with Gasteiger partial charge in [-0.2, -0.15) is 0 Å². The molecule has 1 aliphatic rings. The van der Waals surface area contributed by atoms with Crippen molar-refractivity contribution in [1.29, 1.82) is 0 Å². The van der Waals surface area contributed by atoms with Crippen LogP contribution in [0, 0.1) is 0 Å². The lowest BCUT2D eigenvalue weighted by molar-refractivity contribution is 0.0335. The maximum Gasteiger partial charge on any atom is 0.265 e. The molecule has 1 N–H and O–H groups in total. The third-order valence-electron chi connectivity index (χ3n) is 4.58. The van der Waals surface area contributed by atoms with Gasteiger partial charge in [-0.3, -0.25) is 4.31 Å². The molecule has 140 valence electrons. The van der Waals surface area contributed by atoms with E-state index in [1.54, 1.807) is 24.3 Å². The van der Waals surface area contributed by atoms with Crippen LogP contribution in [0.15, 0.2) is 65.6 Å². The molecule has 0 spiro atoms. The smallest absolute Gasteiger partial charge is 0.265 e. The van der Waals surface area contributed by atoms with E-state index in [0.29, 0.717) is 16.1 Å².